The van der Waals surface area contributed by atoms with Crippen LogP contribution in [-0.2, 0) is 15.9 Å². The molecule has 3 atom stereocenters. The Morgan fingerprint density at radius 2 is 1.84 bits per heavy atom. The van der Waals surface area contributed by atoms with Crippen LogP contribution in [-0.4, -0.2) is 48.3 Å². The van der Waals surface area contributed by atoms with E-state index >= 15 is 0 Å². The summed E-state index contributed by atoms with van der Waals surface area (Å²) in [6, 6.07) is 13.9. The van der Waals surface area contributed by atoms with Gasteiger partial charge in [-0.05, 0) is 60.6 Å². The predicted molar refractivity (Wildman–Crippen MR) is 120 cm³/mol. The topological polar surface area (TPSA) is 68.2 Å². The first-order valence-corrected chi connectivity index (χ1v) is 11.5. The molecule has 6 heteroatoms. The van der Waals surface area contributed by atoms with Crippen molar-refractivity contribution < 1.29 is 24.4 Å². The van der Waals surface area contributed by atoms with Crippen molar-refractivity contribution in [2.24, 2.45) is 0 Å². The second kappa shape index (κ2) is 10.8. The molecule has 1 saturated heterocycles. The lowest BCUT2D eigenvalue weighted by atomic mass is 9.94. The molecule has 1 saturated carbocycles. The van der Waals surface area contributed by atoms with Crippen molar-refractivity contribution >= 4 is 11.6 Å². The van der Waals surface area contributed by atoms with Gasteiger partial charge in [0.1, 0.15) is 12.4 Å². The molecule has 31 heavy (non-hydrogen) atoms. The number of rotatable bonds is 9. The summed E-state index contributed by atoms with van der Waals surface area (Å²) in [6.07, 6.45) is 4.69. The fraction of sp³-hybridized carbons (Fsp3) is 0.520. The zero-order chi connectivity index (χ0) is 21.6. The van der Waals surface area contributed by atoms with Gasteiger partial charge in [-0.25, -0.2) is 0 Å². The Kier molecular flexibility index (Phi) is 7.86. The highest BCUT2D eigenvalue weighted by atomic mass is 35.5. The van der Waals surface area contributed by atoms with Crippen molar-refractivity contribution in [3.63, 3.8) is 0 Å². The molecular formula is C25H31ClO5. The van der Waals surface area contributed by atoms with Gasteiger partial charge >= 0.3 is 0 Å². The number of aliphatic hydroxyl groups excluding tert-OH is 2. The van der Waals surface area contributed by atoms with Crippen LogP contribution < -0.4 is 4.74 Å². The van der Waals surface area contributed by atoms with Crippen LogP contribution in [0.15, 0.2) is 42.5 Å². The van der Waals surface area contributed by atoms with E-state index in [0.717, 1.165) is 22.4 Å². The highest BCUT2D eigenvalue weighted by Gasteiger charge is 2.29. The number of aliphatic hydroxyl groups is 2. The molecule has 2 aliphatic rings. The number of ether oxygens (including phenoxy) is 3. The van der Waals surface area contributed by atoms with Gasteiger partial charge in [0.15, 0.2) is 0 Å². The molecule has 2 aromatic carbocycles. The molecule has 3 unspecified atom stereocenters. The molecule has 0 aromatic heterocycles. The predicted octanol–water partition coefficient (Wildman–Crippen LogP) is 4.45. The van der Waals surface area contributed by atoms with Crippen LogP contribution in [0.4, 0.5) is 0 Å². The maximum atomic E-state index is 10.1. The van der Waals surface area contributed by atoms with E-state index in [2.05, 4.69) is 0 Å². The van der Waals surface area contributed by atoms with E-state index in [1.165, 1.54) is 19.3 Å². The molecule has 1 aliphatic heterocycles. The van der Waals surface area contributed by atoms with Crippen molar-refractivity contribution in [2.75, 3.05) is 19.8 Å². The van der Waals surface area contributed by atoms with Crippen LogP contribution in [0.5, 0.6) is 5.75 Å². The SMILES string of the molecule is OCC1CC(O)CC(c2ccc(Cl)c(Cc3ccc(OCCOC4CCC4)cc3)c2)O1. The molecule has 4 rings (SSSR count). The van der Waals surface area contributed by atoms with Gasteiger partial charge in [0.25, 0.3) is 0 Å². The molecule has 2 aromatic rings. The van der Waals surface area contributed by atoms with Crippen molar-refractivity contribution in [3.05, 3.63) is 64.2 Å². The molecule has 5 nitrogen and oxygen atoms in total. The van der Waals surface area contributed by atoms with Crippen molar-refractivity contribution in [1.29, 1.82) is 0 Å². The van der Waals surface area contributed by atoms with Gasteiger partial charge in [-0.2, -0.15) is 0 Å². The van der Waals surface area contributed by atoms with Crippen LogP contribution in [0.1, 0.15) is 54.9 Å². The van der Waals surface area contributed by atoms with Gasteiger partial charge in [-0.15, -0.1) is 0 Å². The Balaban J connectivity index is 1.34. The van der Waals surface area contributed by atoms with Gasteiger partial charge in [-0.1, -0.05) is 35.9 Å². The summed E-state index contributed by atoms with van der Waals surface area (Å²) in [6.45, 7) is 1.10. The highest BCUT2D eigenvalue weighted by molar-refractivity contribution is 6.31. The fourth-order valence-electron chi connectivity index (χ4n) is 4.09. The first-order chi connectivity index (χ1) is 15.1. The minimum absolute atomic E-state index is 0.0882. The lowest BCUT2D eigenvalue weighted by Crippen LogP contribution is -2.33. The van der Waals surface area contributed by atoms with E-state index in [4.69, 9.17) is 25.8 Å². The molecule has 0 bridgehead atoms. The zero-order valence-electron chi connectivity index (χ0n) is 17.7. The summed E-state index contributed by atoms with van der Waals surface area (Å²) in [5.41, 5.74) is 3.11. The van der Waals surface area contributed by atoms with E-state index in [0.29, 0.717) is 43.6 Å². The summed E-state index contributed by atoms with van der Waals surface area (Å²) in [5.74, 6) is 0.834. The smallest absolute Gasteiger partial charge is 0.119 e. The van der Waals surface area contributed by atoms with E-state index < -0.39 is 6.10 Å². The summed E-state index contributed by atoms with van der Waals surface area (Å²) >= 11 is 6.46. The second-order valence-electron chi connectivity index (χ2n) is 8.50. The van der Waals surface area contributed by atoms with Crippen LogP contribution in [0.3, 0.4) is 0 Å². The molecule has 1 aliphatic carbocycles. The Labute approximate surface area is 188 Å². The molecule has 0 spiro atoms. The highest BCUT2D eigenvalue weighted by Crippen LogP contribution is 2.34. The lowest BCUT2D eigenvalue weighted by molar-refractivity contribution is -0.113. The van der Waals surface area contributed by atoms with Gasteiger partial charge < -0.3 is 24.4 Å². The maximum Gasteiger partial charge on any atom is 0.119 e. The average Bonchev–Trinajstić information content (AvgIpc) is 2.74. The van der Waals surface area contributed by atoms with Crippen LogP contribution in [0.2, 0.25) is 5.02 Å². The largest absolute Gasteiger partial charge is 0.491 e. The zero-order valence-corrected chi connectivity index (χ0v) is 18.5. The van der Waals surface area contributed by atoms with Gasteiger partial charge in [0, 0.05) is 17.9 Å². The third-order valence-electron chi connectivity index (χ3n) is 6.10. The Hall–Kier alpha value is -1.63. The van der Waals surface area contributed by atoms with Crippen LogP contribution >= 0.6 is 11.6 Å². The average molecular weight is 447 g/mol. The van der Waals surface area contributed by atoms with E-state index in [1.807, 2.05) is 42.5 Å². The molecule has 0 amide bonds. The third kappa shape index (κ3) is 6.21. The monoisotopic (exact) mass is 446 g/mol. The number of hydrogen-bond donors (Lipinski definition) is 2. The number of benzene rings is 2. The minimum atomic E-state index is -0.471. The van der Waals surface area contributed by atoms with Crippen molar-refractivity contribution in [2.45, 2.75) is 62.9 Å². The van der Waals surface area contributed by atoms with E-state index in [-0.39, 0.29) is 18.8 Å². The van der Waals surface area contributed by atoms with Gasteiger partial charge in [0.05, 0.1) is 37.6 Å². The number of halogens is 1. The van der Waals surface area contributed by atoms with Crippen molar-refractivity contribution in [3.8, 4) is 5.75 Å². The van der Waals surface area contributed by atoms with Crippen molar-refractivity contribution in [1.82, 2.24) is 0 Å². The van der Waals surface area contributed by atoms with Crippen LogP contribution in [0, 0.1) is 0 Å². The lowest BCUT2D eigenvalue weighted by Gasteiger charge is -2.32. The Morgan fingerprint density at radius 3 is 2.55 bits per heavy atom. The third-order valence-corrected chi connectivity index (χ3v) is 6.47. The first-order valence-electron chi connectivity index (χ1n) is 11.2. The summed E-state index contributed by atoms with van der Waals surface area (Å²) in [7, 11) is 0. The first kappa shape index (κ1) is 22.6. The summed E-state index contributed by atoms with van der Waals surface area (Å²) in [5, 5.41) is 20.2. The van der Waals surface area contributed by atoms with E-state index in [9.17, 15) is 10.2 Å². The summed E-state index contributed by atoms with van der Waals surface area (Å²) in [4.78, 5) is 0. The molecular weight excluding hydrogens is 416 g/mol. The van der Waals surface area contributed by atoms with Gasteiger partial charge in [0.2, 0.25) is 0 Å². The normalized spacial score (nSPS) is 24.0. The minimum Gasteiger partial charge on any atom is -0.491 e. The van der Waals surface area contributed by atoms with Crippen LogP contribution in [0.25, 0.3) is 0 Å². The molecule has 168 valence electrons. The fourth-order valence-corrected chi connectivity index (χ4v) is 4.27. The van der Waals surface area contributed by atoms with E-state index in [1.54, 1.807) is 0 Å². The molecule has 2 N–H and O–H groups in total. The standard InChI is InChI=1S/C25H31ClO5/c26-24-9-6-18(25-15-20(28)14-23(16-27)31-25)13-19(24)12-17-4-7-22(8-5-17)30-11-10-29-21-2-1-3-21/h4-9,13,20-21,23,25,27-28H,1-3,10-12,14-16H2. The Bertz CT molecular complexity index is 836. The Morgan fingerprint density at radius 1 is 1.03 bits per heavy atom. The number of hydrogen-bond acceptors (Lipinski definition) is 5. The molecule has 0 radical (unpaired) electrons. The second-order valence-corrected chi connectivity index (χ2v) is 8.91. The maximum absolute atomic E-state index is 10.1. The molecule has 1 heterocycles. The summed E-state index contributed by atoms with van der Waals surface area (Å²) < 4.78 is 17.4. The quantitative estimate of drug-likeness (QED) is 0.557. The molecule has 2 fully saturated rings. The van der Waals surface area contributed by atoms with Gasteiger partial charge in [-0.3, -0.25) is 0 Å².